The number of piperidine rings is 1. The zero-order chi connectivity index (χ0) is 17.0. The average molecular weight is 338 g/mol. The summed E-state index contributed by atoms with van der Waals surface area (Å²) < 4.78 is 27.1. The molecule has 1 fully saturated rings. The van der Waals surface area contributed by atoms with Gasteiger partial charge >= 0.3 is 0 Å². The second-order valence-electron chi connectivity index (χ2n) is 5.92. The Hall–Kier alpha value is -1.40. The number of hydrogen-bond donors (Lipinski definition) is 0. The lowest BCUT2D eigenvalue weighted by molar-refractivity contribution is 0.0772. The Balaban J connectivity index is 2.38. The first-order chi connectivity index (χ1) is 10.9. The van der Waals surface area contributed by atoms with E-state index >= 15 is 0 Å². The van der Waals surface area contributed by atoms with Crippen LogP contribution in [0.15, 0.2) is 23.1 Å². The molecule has 1 aromatic carbocycles. The van der Waals surface area contributed by atoms with Crippen LogP contribution in [-0.4, -0.2) is 49.7 Å². The van der Waals surface area contributed by atoms with Crippen molar-refractivity contribution in [1.29, 1.82) is 0 Å². The van der Waals surface area contributed by atoms with Crippen LogP contribution >= 0.6 is 0 Å². The van der Waals surface area contributed by atoms with Crippen LogP contribution < -0.4 is 0 Å². The molecule has 0 unspecified atom stereocenters. The van der Waals surface area contributed by atoms with Crippen molar-refractivity contribution in [1.82, 2.24) is 9.21 Å². The molecule has 1 saturated heterocycles. The molecule has 6 heteroatoms. The molecule has 1 aromatic rings. The van der Waals surface area contributed by atoms with Gasteiger partial charge in [-0.2, -0.15) is 4.31 Å². The molecular formula is C17H26N2O3S. The van der Waals surface area contributed by atoms with Crippen LogP contribution in [0.1, 0.15) is 49.0 Å². The minimum absolute atomic E-state index is 0.108. The smallest absolute Gasteiger partial charge is 0.254 e. The van der Waals surface area contributed by atoms with E-state index in [4.69, 9.17) is 0 Å². The van der Waals surface area contributed by atoms with E-state index < -0.39 is 10.0 Å². The van der Waals surface area contributed by atoms with E-state index in [2.05, 4.69) is 0 Å². The van der Waals surface area contributed by atoms with Gasteiger partial charge in [-0.15, -0.1) is 0 Å². The predicted molar refractivity (Wildman–Crippen MR) is 91.0 cm³/mol. The molecule has 0 N–H and O–H groups in total. The summed E-state index contributed by atoms with van der Waals surface area (Å²) in [5.41, 5.74) is 1.28. The molecule has 128 valence electrons. The third-order valence-electron chi connectivity index (χ3n) is 4.44. The van der Waals surface area contributed by atoms with Crippen molar-refractivity contribution in [2.45, 2.75) is 44.9 Å². The highest BCUT2D eigenvalue weighted by molar-refractivity contribution is 7.89. The second-order valence-corrected chi connectivity index (χ2v) is 7.86. The molecule has 1 aliphatic heterocycles. The Morgan fingerprint density at radius 2 is 1.74 bits per heavy atom. The number of benzene rings is 1. The van der Waals surface area contributed by atoms with Gasteiger partial charge in [0.2, 0.25) is 10.0 Å². The second kappa shape index (κ2) is 7.45. The van der Waals surface area contributed by atoms with Crippen LogP contribution in [-0.2, 0) is 10.0 Å². The monoisotopic (exact) mass is 338 g/mol. The van der Waals surface area contributed by atoms with E-state index in [1.54, 1.807) is 23.1 Å². The number of hydrogen-bond acceptors (Lipinski definition) is 3. The summed E-state index contributed by atoms with van der Waals surface area (Å²) in [6.45, 7) is 8.03. The van der Waals surface area contributed by atoms with Crippen molar-refractivity contribution < 1.29 is 13.2 Å². The van der Waals surface area contributed by atoms with Gasteiger partial charge in [-0.05, 0) is 51.3 Å². The summed E-state index contributed by atoms with van der Waals surface area (Å²) >= 11 is 0. The first-order valence-electron chi connectivity index (χ1n) is 8.31. The molecule has 0 aromatic heterocycles. The molecule has 0 spiro atoms. The Morgan fingerprint density at radius 1 is 1.13 bits per heavy atom. The van der Waals surface area contributed by atoms with E-state index in [0.717, 1.165) is 24.8 Å². The van der Waals surface area contributed by atoms with E-state index in [1.165, 1.54) is 4.31 Å². The maximum atomic E-state index is 12.8. The lowest BCUT2D eigenvalue weighted by Gasteiger charge is -2.26. The van der Waals surface area contributed by atoms with Crippen LogP contribution in [0.5, 0.6) is 0 Å². The molecule has 1 amide bonds. The van der Waals surface area contributed by atoms with Gasteiger partial charge in [0.1, 0.15) is 0 Å². The normalized spacial score (nSPS) is 16.3. The first-order valence-corrected chi connectivity index (χ1v) is 9.75. The van der Waals surface area contributed by atoms with Crippen molar-refractivity contribution >= 4 is 15.9 Å². The summed E-state index contributed by atoms with van der Waals surface area (Å²) in [5.74, 6) is -0.108. The van der Waals surface area contributed by atoms with Gasteiger partial charge in [-0.3, -0.25) is 4.79 Å². The average Bonchev–Trinajstić information content (AvgIpc) is 2.57. The first kappa shape index (κ1) is 17.9. The maximum absolute atomic E-state index is 12.8. The largest absolute Gasteiger partial charge is 0.339 e. The molecule has 1 aliphatic rings. The van der Waals surface area contributed by atoms with Gasteiger partial charge in [0, 0.05) is 31.7 Å². The number of amides is 1. The van der Waals surface area contributed by atoms with Crippen molar-refractivity contribution in [3.63, 3.8) is 0 Å². The summed E-state index contributed by atoms with van der Waals surface area (Å²) in [4.78, 5) is 14.5. The Morgan fingerprint density at radius 3 is 2.30 bits per heavy atom. The zero-order valence-corrected chi connectivity index (χ0v) is 15.0. The molecule has 2 rings (SSSR count). The van der Waals surface area contributed by atoms with E-state index in [1.807, 2.05) is 20.8 Å². The Bertz CT molecular complexity index is 660. The quantitative estimate of drug-likeness (QED) is 0.829. The number of aryl methyl sites for hydroxylation is 1. The third kappa shape index (κ3) is 3.75. The van der Waals surface area contributed by atoms with Crippen molar-refractivity contribution in [2.75, 3.05) is 26.2 Å². The minimum Gasteiger partial charge on any atom is -0.339 e. The molecular weight excluding hydrogens is 312 g/mol. The van der Waals surface area contributed by atoms with Crippen molar-refractivity contribution in [3.05, 3.63) is 29.3 Å². The number of carbonyl (C=O) groups excluding carboxylic acids is 1. The molecule has 0 aliphatic carbocycles. The van der Waals surface area contributed by atoms with Crippen LogP contribution in [0, 0.1) is 6.92 Å². The van der Waals surface area contributed by atoms with E-state index in [0.29, 0.717) is 31.7 Å². The van der Waals surface area contributed by atoms with E-state index in [-0.39, 0.29) is 10.8 Å². The van der Waals surface area contributed by atoms with Crippen LogP contribution in [0.3, 0.4) is 0 Å². The van der Waals surface area contributed by atoms with Crippen LogP contribution in [0.2, 0.25) is 0 Å². The molecule has 0 saturated carbocycles. The van der Waals surface area contributed by atoms with Crippen LogP contribution in [0.25, 0.3) is 0 Å². The fourth-order valence-electron chi connectivity index (χ4n) is 2.93. The molecule has 23 heavy (non-hydrogen) atoms. The molecule has 5 nitrogen and oxygen atoms in total. The molecule has 1 heterocycles. The Kier molecular flexibility index (Phi) is 5.81. The maximum Gasteiger partial charge on any atom is 0.254 e. The topological polar surface area (TPSA) is 57.7 Å². The van der Waals surface area contributed by atoms with Gasteiger partial charge in [0.15, 0.2) is 0 Å². The van der Waals surface area contributed by atoms with Gasteiger partial charge < -0.3 is 4.90 Å². The highest BCUT2D eigenvalue weighted by Crippen LogP contribution is 2.23. The summed E-state index contributed by atoms with van der Waals surface area (Å²) in [6, 6.07) is 4.88. The van der Waals surface area contributed by atoms with E-state index in [9.17, 15) is 13.2 Å². The molecule has 0 bridgehead atoms. The van der Waals surface area contributed by atoms with Gasteiger partial charge in [-0.1, -0.05) is 12.5 Å². The van der Waals surface area contributed by atoms with Gasteiger partial charge in [0.25, 0.3) is 5.91 Å². The lowest BCUT2D eigenvalue weighted by atomic mass is 10.1. The third-order valence-corrected chi connectivity index (χ3v) is 6.34. The highest BCUT2D eigenvalue weighted by Gasteiger charge is 2.27. The Labute approximate surface area is 139 Å². The van der Waals surface area contributed by atoms with Crippen molar-refractivity contribution in [3.8, 4) is 0 Å². The highest BCUT2D eigenvalue weighted by atomic mass is 32.2. The standard InChI is InChI=1S/C17H26N2O3S/c1-4-18(5-2)17(20)16-13-15(10-9-14(16)3)23(21,22)19-11-7-6-8-12-19/h9-10,13H,4-8,11-12H2,1-3H3. The lowest BCUT2D eigenvalue weighted by Crippen LogP contribution is -2.36. The fourth-order valence-corrected chi connectivity index (χ4v) is 4.47. The number of carbonyl (C=O) groups is 1. The predicted octanol–water partition coefficient (Wildman–Crippen LogP) is 2.65. The minimum atomic E-state index is -3.51. The van der Waals surface area contributed by atoms with Crippen molar-refractivity contribution in [2.24, 2.45) is 0 Å². The number of rotatable bonds is 5. The SMILES string of the molecule is CCN(CC)C(=O)c1cc(S(=O)(=O)N2CCCCC2)ccc1C. The zero-order valence-electron chi connectivity index (χ0n) is 14.2. The summed E-state index contributed by atoms with van der Waals surface area (Å²) in [7, 11) is -3.51. The van der Waals surface area contributed by atoms with Gasteiger partial charge in [-0.25, -0.2) is 8.42 Å². The fraction of sp³-hybridized carbons (Fsp3) is 0.588. The summed E-state index contributed by atoms with van der Waals surface area (Å²) in [5, 5.41) is 0. The number of sulfonamides is 1. The number of nitrogens with zero attached hydrogens (tertiary/aromatic N) is 2. The van der Waals surface area contributed by atoms with Gasteiger partial charge in [0.05, 0.1) is 4.90 Å². The molecule has 0 atom stereocenters. The van der Waals surface area contributed by atoms with Crippen LogP contribution in [0.4, 0.5) is 0 Å². The summed E-state index contributed by atoms with van der Waals surface area (Å²) in [6.07, 6.45) is 2.87. The molecule has 0 radical (unpaired) electrons.